The lowest BCUT2D eigenvalue weighted by Gasteiger charge is -2.05. The summed E-state index contributed by atoms with van der Waals surface area (Å²) in [6.45, 7) is 4.05. The number of phenolic OH excluding ortho intramolecular Hbond substituents is 1. The Balaban J connectivity index is 2.44. The first-order valence-corrected chi connectivity index (χ1v) is 7.36. The van der Waals surface area contributed by atoms with Gasteiger partial charge in [-0.15, -0.1) is 0 Å². The molecule has 2 rings (SSSR count). The molecule has 0 saturated carbocycles. The molecule has 0 aliphatic rings. The van der Waals surface area contributed by atoms with Gasteiger partial charge in [0.05, 0.1) is 10.2 Å². The number of phenols is 1. The molecule has 98 valence electrons. The van der Waals surface area contributed by atoms with Crippen LogP contribution >= 0.6 is 31.9 Å². The van der Waals surface area contributed by atoms with Crippen molar-refractivity contribution in [2.75, 3.05) is 0 Å². The van der Waals surface area contributed by atoms with Crippen LogP contribution in [0.4, 0.5) is 5.69 Å². The van der Waals surface area contributed by atoms with Crippen LogP contribution in [0.1, 0.15) is 16.7 Å². The molecule has 0 radical (unpaired) electrons. The SMILES string of the molecule is Cc1cccc(C)c1N=Cc1cc(Br)cc(Br)c1O. The zero-order valence-corrected chi connectivity index (χ0v) is 13.8. The van der Waals surface area contributed by atoms with Crippen molar-refractivity contribution in [3.05, 3.63) is 56.0 Å². The summed E-state index contributed by atoms with van der Waals surface area (Å²) >= 11 is 6.71. The molecule has 1 N–H and O–H groups in total. The van der Waals surface area contributed by atoms with Crippen LogP contribution in [0, 0.1) is 13.8 Å². The number of aliphatic imine (C=N–C) groups is 1. The van der Waals surface area contributed by atoms with Crippen molar-refractivity contribution in [2.45, 2.75) is 13.8 Å². The van der Waals surface area contributed by atoms with E-state index in [4.69, 9.17) is 0 Å². The highest BCUT2D eigenvalue weighted by Crippen LogP contribution is 2.31. The first-order valence-electron chi connectivity index (χ1n) is 5.77. The molecule has 0 aromatic heterocycles. The van der Waals surface area contributed by atoms with Crippen molar-refractivity contribution in [2.24, 2.45) is 4.99 Å². The summed E-state index contributed by atoms with van der Waals surface area (Å²) in [5, 5.41) is 9.98. The maximum absolute atomic E-state index is 9.98. The zero-order valence-electron chi connectivity index (χ0n) is 10.6. The summed E-state index contributed by atoms with van der Waals surface area (Å²) in [7, 11) is 0. The fourth-order valence-electron chi connectivity index (χ4n) is 1.83. The molecule has 0 spiro atoms. The van der Waals surface area contributed by atoms with Crippen LogP contribution in [0.25, 0.3) is 0 Å². The summed E-state index contributed by atoms with van der Waals surface area (Å²) in [5.41, 5.74) is 3.84. The third-order valence-electron chi connectivity index (χ3n) is 2.83. The molecule has 19 heavy (non-hydrogen) atoms. The van der Waals surface area contributed by atoms with Gasteiger partial charge >= 0.3 is 0 Å². The van der Waals surface area contributed by atoms with Gasteiger partial charge in [0, 0.05) is 16.3 Å². The summed E-state index contributed by atoms with van der Waals surface area (Å²) in [6.07, 6.45) is 1.68. The van der Waals surface area contributed by atoms with Crippen LogP contribution < -0.4 is 0 Å². The number of aromatic hydroxyl groups is 1. The Morgan fingerprint density at radius 2 is 1.74 bits per heavy atom. The smallest absolute Gasteiger partial charge is 0.138 e. The fourth-order valence-corrected chi connectivity index (χ4v) is 3.09. The van der Waals surface area contributed by atoms with Gasteiger partial charge in [-0.2, -0.15) is 0 Å². The third kappa shape index (κ3) is 3.25. The minimum Gasteiger partial charge on any atom is -0.506 e. The molecular formula is C15H13Br2NO. The van der Waals surface area contributed by atoms with E-state index in [-0.39, 0.29) is 5.75 Å². The molecule has 0 heterocycles. The summed E-state index contributed by atoms with van der Waals surface area (Å²) in [5.74, 6) is 0.193. The van der Waals surface area contributed by atoms with E-state index in [2.05, 4.69) is 36.9 Å². The van der Waals surface area contributed by atoms with Crippen molar-refractivity contribution in [1.82, 2.24) is 0 Å². The maximum atomic E-state index is 9.98. The van der Waals surface area contributed by atoms with E-state index in [1.165, 1.54) is 0 Å². The molecule has 0 fully saturated rings. The summed E-state index contributed by atoms with van der Waals surface area (Å²) in [6, 6.07) is 9.69. The minimum absolute atomic E-state index is 0.193. The maximum Gasteiger partial charge on any atom is 0.138 e. The van der Waals surface area contributed by atoms with Crippen molar-refractivity contribution >= 4 is 43.8 Å². The van der Waals surface area contributed by atoms with Crippen molar-refractivity contribution in [1.29, 1.82) is 0 Å². The van der Waals surface area contributed by atoms with Gasteiger partial charge in [0.1, 0.15) is 5.75 Å². The van der Waals surface area contributed by atoms with Crippen LogP contribution in [-0.2, 0) is 0 Å². The van der Waals surface area contributed by atoms with E-state index in [0.717, 1.165) is 21.3 Å². The Morgan fingerprint density at radius 3 is 2.37 bits per heavy atom. The Labute approximate surface area is 129 Å². The van der Waals surface area contributed by atoms with E-state index in [9.17, 15) is 5.11 Å². The molecule has 2 aromatic rings. The first-order chi connectivity index (χ1) is 8.99. The summed E-state index contributed by atoms with van der Waals surface area (Å²) in [4.78, 5) is 4.49. The fraction of sp³-hybridized carbons (Fsp3) is 0.133. The average molecular weight is 383 g/mol. The van der Waals surface area contributed by atoms with Crippen LogP contribution in [0.2, 0.25) is 0 Å². The van der Waals surface area contributed by atoms with Gasteiger partial charge < -0.3 is 5.11 Å². The van der Waals surface area contributed by atoms with Crippen LogP contribution in [0.5, 0.6) is 5.75 Å². The van der Waals surface area contributed by atoms with E-state index < -0.39 is 0 Å². The monoisotopic (exact) mass is 381 g/mol. The van der Waals surface area contributed by atoms with Crippen LogP contribution in [0.15, 0.2) is 44.3 Å². The van der Waals surface area contributed by atoms with E-state index >= 15 is 0 Å². The second-order valence-corrected chi connectivity index (χ2v) is 6.09. The number of hydrogen-bond donors (Lipinski definition) is 1. The molecule has 0 saturated heterocycles. The highest BCUT2D eigenvalue weighted by molar-refractivity contribution is 9.11. The van der Waals surface area contributed by atoms with E-state index in [0.29, 0.717) is 10.0 Å². The van der Waals surface area contributed by atoms with Crippen molar-refractivity contribution in [3.63, 3.8) is 0 Å². The Bertz CT molecular complexity index is 631. The number of halogens is 2. The predicted octanol–water partition coefficient (Wildman–Crippen LogP) is 5.28. The normalized spacial score (nSPS) is 11.2. The summed E-state index contributed by atoms with van der Waals surface area (Å²) < 4.78 is 1.53. The predicted molar refractivity (Wildman–Crippen MR) is 86.7 cm³/mol. The number of aryl methyl sites for hydroxylation is 2. The topological polar surface area (TPSA) is 32.6 Å². The molecular weight excluding hydrogens is 370 g/mol. The van der Waals surface area contributed by atoms with Crippen LogP contribution in [-0.4, -0.2) is 11.3 Å². The van der Waals surface area contributed by atoms with Gasteiger partial charge in [-0.05, 0) is 53.0 Å². The molecule has 0 atom stereocenters. The molecule has 2 aromatic carbocycles. The Kier molecular flexibility index (Phi) is 4.42. The number of benzene rings is 2. The van der Waals surface area contributed by atoms with Crippen molar-refractivity contribution < 1.29 is 5.11 Å². The molecule has 4 heteroatoms. The van der Waals surface area contributed by atoms with E-state index in [1.54, 1.807) is 12.3 Å². The van der Waals surface area contributed by atoms with Gasteiger partial charge in [0.25, 0.3) is 0 Å². The van der Waals surface area contributed by atoms with Gasteiger partial charge in [-0.25, -0.2) is 0 Å². The highest BCUT2D eigenvalue weighted by Gasteiger charge is 2.06. The lowest BCUT2D eigenvalue weighted by Crippen LogP contribution is -1.86. The zero-order chi connectivity index (χ0) is 14.0. The number of para-hydroxylation sites is 1. The molecule has 0 aliphatic heterocycles. The quantitative estimate of drug-likeness (QED) is 0.703. The largest absolute Gasteiger partial charge is 0.506 e. The molecule has 0 aliphatic carbocycles. The van der Waals surface area contributed by atoms with Crippen molar-refractivity contribution in [3.8, 4) is 5.75 Å². The minimum atomic E-state index is 0.193. The lowest BCUT2D eigenvalue weighted by atomic mass is 10.1. The second-order valence-electron chi connectivity index (χ2n) is 4.32. The first kappa shape index (κ1) is 14.3. The molecule has 0 bridgehead atoms. The standard InChI is InChI=1S/C15H13Br2NO/c1-9-4-3-5-10(2)14(9)18-8-11-6-12(16)7-13(17)15(11)19/h3-8,19H,1-2H3. The number of hydrogen-bond acceptors (Lipinski definition) is 2. The van der Waals surface area contributed by atoms with Gasteiger partial charge in [-0.3, -0.25) is 4.99 Å². The van der Waals surface area contributed by atoms with E-state index in [1.807, 2.05) is 38.1 Å². The molecule has 2 nitrogen and oxygen atoms in total. The molecule has 0 amide bonds. The highest BCUT2D eigenvalue weighted by atomic mass is 79.9. The second kappa shape index (κ2) is 5.88. The Hall–Kier alpha value is -1.13. The van der Waals surface area contributed by atoms with Gasteiger partial charge in [0.15, 0.2) is 0 Å². The van der Waals surface area contributed by atoms with Gasteiger partial charge in [0.2, 0.25) is 0 Å². The average Bonchev–Trinajstić information content (AvgIpc) is 2.34. The third-order valence-corrected chi connectivity index (χ3v) is 3.89. The Morgan fingerprint density at radius 1 is 1.11 bits per heavy atom. The molecule has 0 unspecified atom stereocenters. The van der Waals surface area contributed by atoms with Gasteiger partial charge in [-0.1, -0.05) is 34.1 Å². The number of nitrogens with zero attached hydrogens (tertiary/aromatic N) is 1. The van der Waals surface area contributed by atoms with Crippen LogP contribution in [0.3, 0.4) is 0 Å². The number of rotatable bonds is 2. The lowest BCUT2D eigenvalue weighted by molar-refractivity contribution is 0.471.